The van der Waals surface area contributed by atoms with Crippen molar-refractivity contribution in [3.05, 3.63) is 35.9 Å². The molecule has 0 bridgehead atoms. The van der Waals surface area contributed by atoms with Crippen molar-refractivity contribution in [3.63, 3.8) is 0 Å². The van der Waals surface area contributed by atoms with E-state index in [9.17, 15) is 9.90 Å². The standard InChI is InChI=1S/C17H26N2O2/c1-13(7-8-14-5-3-2-4-6-14)18-17(21)19-15-9-11-16(20)12-10-15/h2-6,13,15-16,20H,7-12H2,1H3,(H2,18,19,21). The minimum Gasteiger partial charge on any atom is -0.393 e. The third kappa shape index (κ3) is 5.76. The summed E-state index contributed by atoms with van der Waals surface area (Å²) in [7, 11) is 0. The summed E-state index contributed by atoms with van der Waals surface area (Å²) in [4.78, 5) is 11.9. The molecule has 1 aromatic carbocycles. The zero-order chi connectivity index (χ0) is 15.1. The Morgan fingerprint density at radius 1 is 1.24 bits per heavy atom. The number of urea groups is 1. The van der Waals surface area contributed by atoms with Gasteiger partial charge < -0.3 is 15.7 Å². The van der Waals surface area contributed by atoms with E-state index in [1.807, 2.05) is 25.1 Å². The van der Waals surface area contributed by atoms with Gasteiger partial charge in [0.2, 0.25) is 0 Å². The second-order valence-electron chi connectivity index (χ2n) is 6.05. The first kappa shape index (κ1) is 15.8. The smallest absolute Gasteiger partial charge is 0.315 e. The van der Waals surface area contributed by atoms with Crippen molar-refractivity contribution in [3.8, 4) is 0 Å². The normalized spacial score (nSPS) is 23.3. The number of carbonyl (C=O) groups excluding carboxylic acids is 1. The van der Waals surface area contributed by atoms with Crippen LogP contribution in [0.4, 0.5) is 4.79 Å². The van der Waals surface area contributed by atoms with Crippen molar-refractivity contribution in [2.24, 2.45) is 0 Å². The SMILES string of the molecule is CC(CCc1ccccc1)NC(=O)NC1CCC(O)CC1. The summed E-state index contributed by atoms with van der Waals surface area (Å²) in [5, 5.41) is 15.5. The summed E-state index contributed by atoms with van der Waals surface area (Å²) in [6, 6.07) is 10.6. The average Bonchev–Trinajstić information content (AvgIpc) is 2.48. The van der Waals surface area contributed by atoms with Gasteiger partial charge in [-0.1, -0.05) is 30.3 Å². The molecule has 1 atom stereocenters. The number of hydrogen-bond donors (Lipinski definition) is 3. The van der Waals surface area contributed by atoms with Crippen molar-refractivity contribution in [2.75, 3.05) is 0 Å². The molecular weight excluding hydrogens is 264 g/mol. The minimum absolute atomic E-state index is 0.0862. The van der Waals surface area contributed by atoms with Gasteiger partial charge in [-0.3, -0.25) is 0 Å². The molecule has 1 aromatic rings. The molecular formula is C17H26N2O2. The molecule has 2 amide bonds. The molecule has 0 heterocycles. The lowest BCUT2D eigenvalue weighted by Crippen LogP contribution is -2.46. The molecule has 3 N–H and O–H groups in total. The quantitative estimate of drug-likeness (QED) is 0.780. The fraction of sp³-hybridized carbons (Fsp3) is 0.588. The average molecular weight is 290 g/mol. The summed E-state index contributed by atoms with van der Waals surface area (Å²) in [5.41, 5.74) is 1.30. The molecule has 0 aromatic heterocycles. The molecule has 0 aliphatic heterocycles. The van der Waals surface area contributed by atoms with E-state index in [2.05, 4.69) is 22.8 Å². The van der Waals surface area contributed by atoms with E-state index in [0.717, 1.165) is 38.5 Å². The van der Waals surface area contributed by atoms with Gasteiger partial charge in [-0.25, -0.2) is 4.79 Å². The summed E-state index contributed by atoms with van der Waals surface area (Å²) >= 11 is 0. The first-order valence-electron chi connectivity index (χ1n) is 7.92. The lowest BCUT2D eigenvalue weighted by atomic mass is 9.93. The Hall–Kier alpha value is -1.55. The Labute approximate surface area is 126 Å². The zero-order valence-electron chi connectivity index (χ0n) is 12.7. The summed E-state index contributed by atoms with van der Waals surface area (Å²) < 4.78 is 0. The molecule has 1 saturated carbocycles. The van der Waals surface area contributed by atoms with Gasteiger partial charge in [-0.05, 0) is 51.0 Å². The predicted molar refractivity (Wildman–Crippen MR) is 84.2 cm³/mol. The van der Waals surface area contributed by atoms with Gasteiger partial charge in [0.25, 0.3) is 0 Å². The van der Waals surface area contributed by atoms with Crippen molar-refractivity contribution >= 4 is 6.03 Å². The largest absolute Gasteiger partial charge is 0.393 e. The maximum absolute atomic E-state index is 11.9. The van der Waals surface area contributed by atoms with E-state index in [1.54, 1.807) is 0 Å². The molecule has 1 aliphatic rings. The molecule has 21 heavy (non-hydrogen) atoms. The number of aliphatic hydroxyl groups excluding tert-OH is 1. The molecule has 1 fully saturated rings. The van der Waals surface area contributed by atoms with Crippen LogP contribution in [-0.2, 0) is 6.42 Å². The first-order chi connectivity index (χ1) is 10.1. The molecule has 116 valence electrons. The number of nitrogens with one attached hydrogen (secondary N) is 2. The van der Waals surface area contributed by atoms with Gasteiger partial charge >= 0.3 is 6.03 Å². The second-order valence-corrected chi connectivity index (χ2v) is 6.05. The predicted octanol–water partition coefficient (Wildman–Crippen LogP) is 2.61. The number of amides is 2. The Kier molecular flexibility index (Phi) is 6.05. The van der Waals surface area contributed by atoms with Crippen LogP contribution in [0.3, 0.4) is 0 Å². The molecule has 2 rings (SSSR count). The van der Waals surface area contributed by atoms with E-state index < -0.39 is 0 Å². The number of aliphatic hydroxyl groups is 1. The van der Waals surface area contributed by atoms with E-state index in [0.29, 0.717) is 0 Å². The van der Waals surface area contributed by atoms with Crippen LogP contribution in [0.1, 0.15) is 44.6 Å². The van der Waals surface area contributed by atoms with E-state index >= 15 is 0 Å². The fourth-order valence-corrected chi connectivity index (χ4v) is 2.77. The molecule has 0 radical (unpaired) electrons. The van der Waals surface area contributed by atoms with Crippen LogP contribution in [0.15, 0.2) is 30.3 Å². The monoisotopic (exact) mass is 290 g/mol. The van der Waals surface area contributed by atoms with Crippen molar-refractivity contribution in [2.45, 2.75) is 63.6 Å². The van der Waals surface area contributed by atoms with Crippen molar-refractivity contribution in [1.82, 2.24) is 10.6 Å². The first-order valence-corrected chi connectivity index (χ1v) is 7.92. The highest BCUT2D eigenvalue weighted by molar-refractivity contribution is 5.74. The Morgan fingerprint density at radius 3 is 2.57 bits per heavy atom. The maximum atomic E-state index is 11.9. The number of aryl methyl sites for hydroxylation is 1. The van der Waals surface area contributed by atoms with E-state index in [4.69, 9.17) is 0 Å². The van der Waals surface area contributed by atoms with Crippen LogP contribution in [0.25, 0.3) is 0 Å². The molecule has 0 spiro atoms. The number of rotatable bonds is 5. The van der Waals surface area contributed by atoms with Gasteiger partial charge in [0.15, 0.2) is 0 Å². The van der Waals surface area contributed by atoms with Gasteiger partial charge in [0.1, 0.15) is 0 Å². The topological polar surface area (TPSA) is 61.4 Å². The number of carbonyl (C=O) groups is 1. The molecule has 1 unspecified atom stereocenters. The van der Waals surface area contributed by atoms with Gasteiger partial charge in [0, 0.05) is 12.1 Å². The maximum Gasteiger partial charge on any atom is 0.315 e. The Balaban J connectivity index is 1.65. The van der Waals surface area contributed by atoms with Gasteiger partial charge in [0.05, 0.1) is 6.10 Å². The number of benzene rings is 1. The zero-order valence-corrected chi connectivity index (χ0v) is 12.7. The van der Waals surface area contributed by atoms with E-state index in [-0.39, 0.29) is 24.2 Å². The lowest BCUT2D eigenvalue weighted by Gasteiger charge is -2.27. The fourth-order valence-electron chi connectivity index (χ4n) is 2.77. The van der Waals surface area contributed by atoms with Crippen LogP contribution in [-0.4, -0.2) is 29.3 Å². The van der Waals surface area contributed by atoms with Gasteiger partial charge in [-0.15, -0.1) is 0 Å². The Bertz CT molecular complexity index is 428. The van der Waals surface area contributed by atoms with Crippen LogP contribution >= 0.6 is 0 Å². The second kappa shape index (κ2) is 8.03. The lowest BCUT2D eigenvalue weighted by molar-refractivity contribution is 0.117. The minimum atomic E-state index is -0.184. The molecule has 4 heteroatoms. The van der Waals surface area contributed by atoms with Crippen LogP contribution in [0.2, 0.25) is 0 Å². The summed E-state index contributed by atoms with van der Waals surface area (Å²) in [6.07, 6.45) is 5.03. The highest BCUT2D eigenvalue weighted by Crippen LogP contribution is 2.18. The Morgan fingerprint density at radius 2 is 1.90 bits per heavy atom. The molecule has 0 saturated heterocycles. The van der Waals surface area contributed by atoms with Crippen molar-refractivity contribution < 1.29 is 9.90 Å². The van der Waals surface area contributed by atoms with Crippen molar-refractivity contribution in [1.29, 1.82) is 0 Å². The van der Waals surface area contributed by atoms with Crippen LogP contribution in [0, 0.1) is 0 Å². The highest BCUT2D eigenvalue weighted by Gasteiger charge is 2.21. The highest BCUT2D eigenvalue weighted by atomic mass is 16.3. The third-order valence-corrected chi connectivity index (χ3v) is 4.12. The molecule has 1 aliphatic carbocycles. The van der Waals surface area contributed by atoms with E-state index in [1.165, 1.54) is 5.56 Å². The summed E-state index contributed by atoms with van der Waals surface area (Å²) in [5.74, 6) is 0. The summed E-state index contributed by atoms with van der Waals surface area (Å²) in [6.45, 7) is 2.03. The van der Waals surface area contributed by atoms with Gasteiger partial charge in [-0.2, -0.15) is 0 Å². The third-order valence-electron chi connectivity index (χ3n) is 4.12. The van der Waals surface area contributed by atoms with Crippen LogP contribution < -0.4 is 10.6 Å². The molecule has 4 nitrogen and oxygen atoms in total. The van der Waals surface area contributed by atoms with Crippen LogP contribution in [0.5, 0.6) is 0 Å². The number of hydrogen-bond acceptors (Lipinski definition) is 2.